The molecule has 0 aromatic heterocycles. The second-order valence-electron chi connectivity index (χ2n) is 24.0. The Labute approximate surface area is 523 Å². The number of hydrogen-bond acceptors (Lipinski definition) is 14. The van der Waals surface area contributed by atoms with E-state index in [2.05, 4.69) is 36.6 Å². The zero-order chi connectivity index (χ0) is 65.6. The van der Waals surface area contributed by atoms with Gasteiger partial charge in [0.05, 0.1) is 36.7 Å². The fourth-order valence-corrected chi connectivity index (χ4v) is 11.2. The highest BCUT2D eigenvalue weighted by molar-refractivity contribution is 7.90. The van der Waals surface area contributed by atoms with E-state index in [4.69, 9.17) is 10.5 Å². The maximum Gasteiger partial charge on any atom is 0.264 e. The highest BCUT2D eigenvalue weighted by atomic mass is 32.2. The van der Waals surface area contributed by atoms with Crippen LogP contribution in [0.5, 0.6) is 0 Å². The van der Waals surface area contributed by atoms with Crippen LogP contribution in [0.4, 0.5) is 5.69 Å². The third-order valence-corrected chi connectivity index (χ3v) is 16.7. The van der Waals surface area contributed by atoms with E-state index in [1.165, 1.54) is 42.2 Å². The van der Waals surface area contributed by atoms with Crippen LogP contribution in [0.2, 0.25) is 0 Å². The number of benzene rings is 4. The number of hydrogen-bond donors (Lipinski definition) is 8. The second-order valence-corrected chi connectivity index (χ2v) is 25.7. The summed E-state index contributed by atoms with van der Waals surface area (Å²) < 4.78 is 35.1. The lowest BCUT2D eigenvalue weighted by Crippen LogP contribution is -2.61. The number of rotatable bonds is 33. The van der Waals surface area contributed by atoms with Gasteiger partial charge < -0.3 is 47.3 Å². The summed E-state index contributed by atoms with van der Waals surface area (Å²) in [5, 5.41) is 17.3. The van der Waals surface area contributed by atoms with E-state index in [1.807, 2.05) is 78.8 Å². The largest absolute Gasteiger partial charge is 0.379 e. The summed E-state index contributed by atoms with van der Waals surface area (Å²) >= 11 is 0. The molecule has 22 nitrogen and oxygen atoms in total. The van der Waals surface area contributed by atoms with Crippen molar-refractivity contribution < 1.29 is 56.3 Å². The second kappa shape index (κ2) is 33.3. The van der Waals surface area contributed by atoms with Gasteiger partial charge >= 0.3 is 0 Å². The topological polar surface area (TPSA) is 314 Å². The molecular formula is C66H88N10O12S. The Morgan fingerprint density at radius 2 is 1.19 bits per heavy atom. The number of nitrogens with one attached hydrogen (secondary N) is 7. The number of sulfonamides is 1. The van der Waals surface area contributed by atoms with Gasteiger partial charge in [0, 0.05) is 55.1 Å². The molecule has 0 spiro atoms. The molecule has 6 atom stereocenters. The van der Waals surface area contributed by atoms with Crippen LogP contribution in [0.25, 0.3) is 0 Å². The van der Waals surface area contributed by atoms with Crippen molar-refractivity contribution in [3.8, 4) is 0 Å². The van der Waals surface area contributed by atoms with Crippen LogP contribution in [-0.4, -0.2) is 148 Å². The highest BCUT2D eigenvalue weighted by Gasteiger charge is 2.42. The molecule has 0 radical (unpaired) electrons. The third kappa shape index (κ3) is 21.1. The van der Waals surface area contributed by atoms with Crippen LogP contribution in [0.15, 0.2) is 144 Å². The van der Waals surface area contributed by atoms with Crippen molar-refractivity contribution in [3.05, 3.63) is 156 Å². The summed E-state index contributed by atoms with van der Waals surface area (Å²) in [6.07, 6.45) is 4.77. The molecule has 0 bridgehead atoms. The minimum atomic E-state index is -4.51. The Bertz CT molecular complexity index is 3240. The van der Waals surface area contributed by atoms with Crippen LogP contribution in [-0.2, 0) is 76.2 Å². The summed E-state index contributed by atoms with van der Waals surface area (Å²) in [5.41, 5.74) is 6.87. The fraction of sp³-hybridized carbons (Fsp3) is 0.439. The number of carbonyl (C=O) groups is 9. The van der Waals surface area contributed by atoms with Gasteiger partial charge in [-0.2, -0.15) is 0 Å². The third-order valence-electron chi connectivity index (χ3n) is 15.4. The molecule has 0 saturated heterocycles. The number of nitrogens with zero attached hydrogens (tertiary/aromatic N) is 2. The summed E-state index contributed by atoms with van der Waals surface area (Å²) in [7, 11) is -1.25. The summed E-state index contributed by atoms with van der Waals surface area (Å²) in [6.45, 7) is 14.8. The minimum absolute atomic E-state index is 0.000918. The van der Waals surface area contributed by atoms with Crippen LogP contribution < -0.4 is 42.4 Å². The average molecular weight is 1250 g/mol. The molecule has 1 heterocycles. The van der Waals surface area contributed by atoms with Crippen LogP contribution in [0.1, 0.15) is 97.8 Å². The number of carbonyl (C=O) groups excluding carboxylic acids is 9. The zero-order valence-electron chi connectivity index (χ0n) is 52.6. The van der Waals surface area contributed by atoms with Crippen molar-refractivity contribution in [2.24, 2.45) is 17.1 Å². The van der Waals surface area contributed by atoms with E-state index < -0.39 is 104 Å². The quantitative estimate of drug-likeness (QED) is 0.0187. The molecule has 9 N–H and O–H groups in total. The van der Waals surface area contributed by atoms with Gasteiger partial charge in [-0.25, -0.2) is 13.1 Å². The first-order chi connectivity index (χ1) is 42.1. The van der Waals surface area contributed by atoms with Gasteiger partial charge in [-0.1, -0.05) is 146 Å². The first-order valence-electron chi connectivity index (χ1n) is 29.8. The fourth-order valence-electron chi connectivity index (χ4n) is 10.1. The van der Waals surface area contributed by atoms with E-state index in [-0.39, 0.29) is 73.4 Å². The average Bonchev–Trinajstić information content (AvgIpc) is 4.05. The van der Waals surface area contributed by atoms with E-state index in [0.717, 1.165) is 22.6 Å². The van der Waals surface area contributed by atoms with Crippen molar-refractivity contribution in [2.45, 2.75) is 140 Å². The van der Waals surface area contributed by atoms with Gasteiger partial charge in [0.25, 0.3) is 27.7 Å². The molecule has 480 valence electrons. The number of amides is 9. The smallest absolute Gasteiger partial charge is 0.264 e. The number of likely N-dealkylation sites (N-methyl/N-ethyl adjacent to an activating group) is 2. The number of imide groups is 1. The first kappa shape index (κ1) is 71.4. The van der Waals surface area contributed by atoms with Gasteiger partial charge in [-0.15, -0.1) is 0 Å². The lowest BCUT2D eigenvalue weighted by Gasteiger charge is -2.40. The minimum Gasteiger partial charge on any atom is -0.379 e. The molecule has 4 aromatic carbocycles. The van der Waals surface area contributed by atoms with Gasteiger partial charge in [0.1, 0.15) is 24.2 Å². The summed E-state index contributed by atoms with van der Waals surface area (Å²) in [6, 6.07) is 26.4. The predicted molar refractivity (Wildman–Crippen MR) is 340 cm³/mol. The Kier molecular flexibility index (Phi) is 26.7. The molecule has 89 heavy (non-hydrogen) atoms. The van der Waals surface area contributed by atoms with Crippen molar-refractivity contribution in [1.29, 1.82) is 0 Å². The molecular weight excluding hydrogens is 1160 g/mol. The number of nitrogens with two attached hydrogens (primary N) is 1. The standard InChI is InChI=1S/C66H88N10O12S/c1-43(2)53(75(10)64(85)58(65(4,5)6)73-63(84)57(68-9)66(7,8)47-26-18-13-19-27-47)40-44(3)59(80)74-89(86,87)49-31-29-48(30-32-49)69-60(81)50(28-20-21-36-67)71-62(83)52(42-46-24-16-12-17-25-46)72-61(82)51(41-45-22-14-11-15-23-45)70-54(77)35-38-88-39-37-76-55(78)33-34-56(76)79/h11-19,22-27,29-34,40,43,50-53,57-58,68H,20-21,28,35-39,41-42,67H2,1-10H3,(H,69,81)(H,70,77)(H,71,83)(H,72,82)(H,73,84)(H,74,80)/b44-40+/t50-,51+,52-,53+,57+,58+/m0/s1. The first-order valence-corrected chi connectivity index (χ1v) is 31.3. The molecule has 0 saturated carbocycles. The van der Waals surface area contributed by atoms with E-state index in [9.17, 15) is 51.6 Å². The van der Waals surface area contributed by atoms with Crippen molar-refractivity contribution in [1.82, 2.24) is 41.1 Å². The predicted octanol–water partition coefficient (Wildman–Crippen LogP) is 4.36. The Balaban J connectivity index is 1.26. The van der Waals surface area contributed by atoms with Crippen LogP contribution in [0.3, 0.4) is 0 Å². The van der Waals surface area contributed by atoms with Crippen molar-refractivity contribution >= 4 is 68.9 Å². The summed E-state index contributed by atoms with van der Waals surface area (Å²) in [5.74, 6) is -5.53. The van der Waals surface area contributed by atoms with Crippen LogP contribution >= 0.6 is 0 Å². The normalized spacial score (nSPS) is 14.8. The van der Waals surface area contributed by atoms with Crippen molar-refractivity contribution in [3.63, 3.8) is 0 Å². The van der Waals surface area contributed by atoms with E-state index in [1.54, 1.807) is 74.8 Å². The zero-order valence-corrected chi connectivity index (χ0v) is 53.4. The molecule has 1 aliphatic heterocycles. The van der Waals surface area contributed by atoms with Gasteiger partial charge in [-0.05, 0) is 92.1 Å². The molecule has 0 fully saturated rings. The summed E-state index contributed by atoms with van der Waals surface area (Å²) in [4.78, 5) is 124. The van der Waals surface area contributed by atoms with Crippen molar-refractivity contribution in [2.75, 3.05) is 45.7 Å². The molecule has 1 aliphatic rings. The number of unbranched alkanes of at least 4 members (excludes halogenated alkanes) is 1. The Morgan fingerprint density at radius 3 is 1.71 bits per heavy atom. The number of ether oxygens (including phenoxy) is 1. The molecule has 9 amide bonds. The molecule has 0 aliphatic carbocycles. The molecule has 23 heteroatoms. The lowest BCUT2D eigenvalue weighted by atomic mass is 9.76. The number of anilines is 1. The van der Waals surface area contributed by atoms with Gasteiger partial charge in [0.2, 0.25) is 35.4 Å². The van der Waals surface area contributed by atoms with E-state index >= 15 is 0 Å². The Morgan fingerprint density at radius 1 is 0.663 bits per heavy atom. The molecule has 5 rings (SSSR count). The molecule has 0 unspecified atom stereocenters. The van der Waals surface area contributed by atoms with E-state index in [0.29, 0.717) is 30.5 Å². The monoisotopic (exact) mass is 1240 g/mol. The van der Waals surface area contributed by atoms with Gasteiger partial charge in [-0.3, -0.25) is 48.1 Å². The van der Waals surface area contributed by atoms with Gasteiger partial charge in [0.15, 0.2) is 0 Å². The molecule has 4 aromatic rings. The maximum atomic E-state index is 14.5. The SMILES string of the molecule is CN[C@H](C(=O)N[C@H](C(=O)N(C)[C@H](/C=C(\C)C(=O)NS(=O)(=O)c1ccc(NC(=O)[C@H](CCCCN)NC(=O)[C@H](Cc2ccccc2)NC(=O)[C@@H](Cc2ccccc2)NC(=O)CCOCCN2C(=O)C=CC2=O)cc1)C(C)C)C(C)(C)C)C(C)(C)c1ccccc1. The maximum absolute atomic E-state index is 14.5. The van der Waals surface area contributed by atoms with Crippen LogP contribution in [0, 0.1) is 11.3 Å². The Hall–Kier alpha value is -8.38. The lowest BCUT2D eigenvalue weighted by molar-refractivity contribution is -0.141. The highest BCUT2D eigenvalue weighted by Crippen LogP contribution is 2.29.